The van der Waals surface area contributed by atoms with Gasteiger partial charge in [0, 0.05) is 26.1 Å². The van der Waals surface area contributed by atoms with Crippen molar-refractivity contribution < 1.29 is 18.6 Å². The van der Waals surface area contributed by atoms with Crippen molar-refractivity contribution in [3.05, 3.63) is 0 Å². The van der Waals surface area contributed by atoms with Crippen LogP contribution in [0.3, 0.4) is 0 Å². The van der Waals surface area contributed by atoms with E-state index in [0.717, 1.165) is 0 Å². The number of aliphatic hydroxyl groups excluding tert-OH is 2. The molecule has 94 valence electrons. The van der Waals surface area contributed by atoms with E-state index in [1.165, 1.54) is 0 Å². The number of aliphatic hydroxyl groups is 2. The summed E-state index contributed by atoms with van der Waals surface area (Å²) in [5, 5.41) is 18.4. The van der Waals surface area contributed by atoms with Crippen LogP contribution in [0.25, 0.3) is 0 Å². The first-order chi connectivity index (χ1) is 8.09. The molecule has 1 rings (SSSR count). The Kier molecular flexibility index (Phi) is 5.50. The van der Waals surface area contributed by atoms with Gasteiger partial charge in [0.05, 0.1) is 0 Å². The van der Waals surface area contributed by atoms with Crippen LogP contribution in [0, 0.1) is 35.5 Å². The van der Waals surface area contributed by atoms with Crippen LogP contribution >= 0.6 is 0 Å². The Balaban J connectivity index is 2.88. The lowest BCUT2D eigenvalue weighted by atomic mass is 9.88. The van der Waals surface area contributed by atoms with E-state index in [4.69, 9.17) is 0 Å². The highest BCUT2D eigenvalue weighted by Crippen LogP contribution is 2.18. The van der Waals surface area contributed by atoms with E-state index >= 15 is 0 Å². The van der Waals surface area contributed by atoms with Crippen LogP contribution in [0.5, 0.6) is 0 Å². The van der Waals surface area contributed by atoms with Crippen molar-refractivity contribution in [2.45, 2.75) is 12.8 Å². The number of sulfone groups is 1. The van der Waals surface area contributed by atoms with Gasteiger partial charge in [0.1, 0.15) is 11.5 Å². The van der Waals surface area contributed by atoms with Gasteiger partial charge in [-0.3, -0.25) is 0 Å². The average Bonchev–Trinajstić information content (AvgIpc) is 2.33. The van der Waals surface area contributed by atoms with Crippen LogP contribution in [-0.4, -0.2) is 43.4 Å². The molecule has 1 heterocycles. The van der Waals surface area contributed by atoms with Crippen LogP contribution in [0.4, 0.5) is 0 Å². The molecule has 4 nitrogen and oxygen atoms in total. The van der Waals surface area contributed by atoms with Gasteiger partial charge in [0.2, 0.25) is 0 Å². The minimum Gasteiger partial charge on any atom is -0.396 e. The number of hydrogen-bond donors (Lipinski definition) is 2. The van der Waals surface area contributed by atoms with Gasteiger partial charge in [0.25, 0.3) is 0 Å². The molecule has 0 bridgehead atoms. The van der Waals surface area contributed by atoms with Gasteiger partial charge in [-0.15, -0.1) is 11.8 Å². The van der Waals surface area contributed by atoms with Gasteiger partial charge >= 0.3 is 0 Å². The fraction of sp³-hybridized carbons (Fsp3) is 0.667. The fourth-order valence-electron chi connectivity index (χ4n) is 1.54. The second-order valence-electron chi connectivity index (χ2n) is 4.03. The first-order valence-corrected chi connectivity index (χ1v) is 7.25. The Morgan fingerprint density at radius 2 is 1.29 bits per heavy atom. The Labute approximate surface area is 102 Å². The first kappa shape index (κ1) is 14.1. The van der Waals surface area contributed by atoms with Crippen molar-refractivity contribution in [2.24, 2.45) is 11.8 Å². The summed E-state index contributed by atoms with van der Waals surface area (Å²) in [5.41, 5.74) is 0. The predicted molar refractivity (Wildman–Crippen MR) is 64.6 cm³/mol. The Morgan fingerprint density at radius 1 is 0.882 bits per heavy atom. The van der Waals surface area contributed by atoms with Crippen LogP contribution in [-0.2, 0) is 9.84 Å². The smallest absolute Gasteiger partial charge is 0.172 e. The van der Waals surface area contributed by atoms with Gasteiger partial charge in [-0.1, -0.05) is 11.8 Å². The third kappa shape index (κ3) is 4.79. The Morgan fingerprint density at radius 3 is 1.65 bits per heavy atom. The van der Waals surface area contributed by atoms with Gasteiger partial charge in [-0.2, -0.15) is 0 Å². The molecule has 0 saturated heterocycles. The van der Waals surface area contributed by atoms with Crippen LogP contribution in [0.15, 0.2) is 0 Å². The molecule has 1 aliphatic rings. The van der Waals surface area contributed by atoms with E-state index in [2.05, 4.69) is 23.7 Å². The third-order valence-corrected chi connectivity index (χ3v) is 3.87. The minimum atomic E-state index is -3.22. The van der Waals surface area contributed by atoms with Crippen molar-refractivity contribution >= 4 is 9.84 Å². The maximum atomic E-state index is 11.4. The van der Waals surface area contributed by atoms with Crippen molar-refractivity contribution in [1.29, 1.82) is 0 Å². The highest BCUT2D eigenvalue weighted by Gasteiger charge is 2.19. The van der Waals surface area contributed by atoms with Crippen LogP contribution in [0.1, 0.15) is 12.8 Å². The summed E-state index contributed by atoms with van der Waals surface area (Å²) >= 11 is 0. The molecule has 0 spiro atoms. The summed E-state index contributed by atoms with van der Waals surface area (Å²) in [4.78, 5) is 0. The predicted octanol–water partition coefficient (Wildman–Crippen LogP) is -0.581. The molecule has 0 unspecified atom stereocenters. The molecule has 0 aromatic heterocycles. The molecule has 0 saturated carbocycles. The zero-order valence-corrected chi connectivity index (χ0v) is 10.3. The molecule has 0 aliphatic carbocycles. The highest BCUT2D eigenvalue weighted by molar-refractivity contribution is 7.91. The zero-order valence-electron chi connectivity index (χ0n) is 9.52. The normalized spacial score (nSPS) is 27.9. The fourth-order valence-corrected chi connectivity index (χ4v) is 2.29. The lowest BCUT2D eigenvalue weighted by Crippen LogP contribution is -2.21. The zero-order chi connectivity index (χ0) is 12.7. The quantitative estimate of drug-likeness (QED) is 0.648. The maximum Gasteiger partial charge on any atom is 0.172 e. The van der Waals surface area contributed by atoms with E-state index in [0.29, 0.717) is 12.8 Å². The van der Waals surface area contributed by atoms with Crippen LogP contribution in [0.2, 0.25) is 0 Å². The van der Waals surface area contributed by atoms with E-state index in [-0.39, 0.29) is 36.6 Å². The third-order valence-electron chi connectivity index (χ3n) is 2.70. The monoisotopic (exact) mass is 256 g/mol. The molecule has 0 aromatic carbocycles. The molecule has 1 aliphatic heterocycles. The summed E-state index contributed by atoms with van der Waals surface area (Å²) in [6, 6.07) is 0. The Bertz CT molecular complexity index is 420. The number of hydrogen-bond acceptors (Lipinski definition) is 4. The lowest BCUT2D eigenvalue weighted by Gasteiger charge is -2.19. The molecular weight excluding hydrogens is 240 g/mol. The molecule has 0 aromatic rings. The Hall–Kier alpha value is -1.01. The first-order valence-electron chi connectivity index (χ1n) is 5.42. The molecule has 5 heteroatoms. The summed E-state index contributed by atoms with van der Waals surface area (Å²) in [7, 11) is -3.22. The van der Waals surface area contributed by atoms with Crippen LogP contribution < -0.4 is 0 Å². The molecule has 2 N–H and O–H groups in total. The van der Waals surface area contributed by atoms with E-state index < -0.39 is 9.84 Å². The summed E-state index contributed by atoms with van der Waals surface area (Å²) in [5.74, 6) is 9.98. The van der Waals surface area contributed by atoms with E-state index in [1.807, 2.05) is 0 Å². The SMILES string of the molecule is O=S1(=O)CC#CC[C@@H](CO)[C@@H](CO)CC#CC1. The highest BCUT2D eigenvalue weighted by atomic mass is 32.2. The lowest BCUT2D eigenvalue weighted by molar-refractivity contribution is 0.125. The topological polar surface area (TPSA) is 74.6 Å². The largest absolute Gasteiger partial charge is 0.396 e. The standard InChI is InChI=1S/C12H16O4S/c13-9-11-5-1-3-7-17(15,16)8-4-2-6-12(11)10-14/h11-14H,5-10H2/t11-,12+. The molecule has 0 amide bonds. The van der Waals surface area contributed by atoms with Crippen molar-refractivity contribution in [1.82, 2.24) is 0 Å². The minimum absolute atomic E-state index is 0.0751. The van der Waals surface area contributed by atoms with Gasteiger partial charge in [-0.25, -0.2) is 8.42 Å². The summed E-state index contributed by atoms with van der Waals surface area (Å²) in [6.45, 7) is -0.150. The maximum absolute atomic E-state index is 11.4. The second kappa shape index (κ2) is 6.66. The van der Waals surface area contributed by atoms with Gasteiger partial charge < -0.3 is 10.2 Å². The number of rotatable bonds is 2. The van der Waals surface area contributed by atoms with Gasteiger partial charge in [0.15, 0.2) is 9.84 Å². The van der Waals surface area contributed by atoms with E-state index in [1.54, 1.807) is 0 Å². The molecule has 17 heavy (non-hydrogen) atoms. The molecule has 0 radical (unpaired) electrons. The average molecular weight is 256 g/mol. The van der Waals surface area contributed by atoms with Crippen molar-refractivity contribution in [3.8, 4) is 23.7 Å². The summed E-state index contributed by atoms with van der Waals surface area (Å²) < 4.78 is 22.8. The molecular formula is C12H16O4S. The second-order valence-corrected chi connectivity index (χ2v) is 6.10. The van der Waals surface area contributed by atoms with Crippen molar-refractivity contribution in [3.63, 3.8) is 0 Å². The summed E-state index contributed by atoms with van der Waals surface area (Å²) in [6.07, 6.45) is 0.776. The van der Waals surface area contributed by atoms with Crippen molar-refractivity contribution in [2.75, 3.05) is 24.7 Å². The van der Waals surface area contributed by atoms with Gasteiger partial charge in [-0.05, 0) is 11.8 Å². The molecule has 0 fully saturated rings. The van der Waals surface area contributed by atoms with E-state index in [9.17, 15) is 18.6 Å². The molecule has 2 atom stereocenters.